The average Bonchev–Trinajstić information content (AvgIpc) is 2.28. The third kappa shape index (κ3) is 3.30. The Kier molecular flexibility index (Phi) is 4.85. The van der Waals surface area contributed by atoms with E-state index in [1.807, 2.05) is 19.9 Å². The molecule has 4 heteroatoms. The Balaban J connectivity index is 2.99. The molecule has 0 fully saturated rings. The van der Waals surface area contributed by atoms with Gasteiger partial charge in [0.05, 0.1) is 18.1 Å². The number of nitriles is 1. The van der Waals surface area contributed by atoms with Gasteiger partial charge in [-0.2, -0.15) is 5.26 Å². The van der Waals surface area contributed by atoms with Gasteiger partial charge in [0.15, 0.2) is 0 Å². The minimum Gasteiger partial charge on any atom is -0.335 e. The molecule has 1 rings (SSSR count). The van der Waals surface area contributed by atoms with Crippen LogP contribution in [0.25, 0.3) is 0 Å². The standard InChI is InChI=1S/C14H17FN2O/c1-10(2)17(8-4-7-16)14(18)12-6-5-11(3)9-13(12)15/h5-6,9-10H,4,8H2,1-3H3. The van der Waals surface area contributed by atoms with Gasteiger partial charge in [0, 0.05) is 12.6 Å². The summed E-state index contributed by atoms with van der Waals surface area (Å²) in [6, 6.07) is 6.48. The maximum Gasteiger partial charge on any atom is 0.257 e. The highest BCUT2D eigenvalue weighted by Gasteiger charge is 2.21. The van der Waals surface area contributed by atoms with E-state index in [1.165, 1.54) is 17.0 Å². The maximum atomic E-state index is 13.7. The van der Waals surface area contributed by atoms with Gasteiger partial charge in [0.25, 0.3) is 5.91 Å². The highest BCUT2D eigenvalue weighted by atomic mass is 19.1. The number of rotatable bonds is 4. The van der Waals surface area contributed by atoms with Gasteiger partial charge in [-0.25, -0.2) is 4.39 Å². The van der Waals surface area contributed by atoms with Crippen molar-refractivity contribution in [1.82, 2.24) is 4.90 Å². The van der Waals surface area contributed by atoms with Crippen molar-refractivity contribution in [2.75, 3.05) is 6.54 Å². The van der Waals surface area contributed by atoms with Crippen molar-refractivity contribution in [3.8, 4) is 6.07 Å². The van der Waals surface area contributed by atoms with Crippen molar-refractivity contribution in [3.63, 3.8) is 0 Å². The summed E-state index contributed by atoms with van der Waals surface area (Å²) in [4.78, 5) is 13.7. The fourth-order valence-electron chi connectivity index (χ4n) is 1.71. The summed E-state index contributed by atoms with van der Waals surface area (Å²) in [6.45, 7) is 5.79. The lowest BCUT2D eigenvalue weighted by Crippen LogP contribution is -2.38. The van der Waals surface area contributed by atoms with Crippen LogP contribution >= 0.6 is 0 Å². The molecule has 0 radical (unpaired) electrons. The summed E-state index contributed by atoms with van der Waals surface area (Å²) < 4.78 is 13.7. The van der Waals surface area contributed by atoms with E-state index in [0.717, 1.165) is 5.56 Å². The number of carbonyl (C=O) groups excluding carboxylic acids is 1. The fourth-order valence-corrected chi connectivity index (χ4v) is 1.71. The average molecular weight is 248 g/mol. The van der Waals surface area contributed by atoms with Crippen LogP contribution in [0.3, 0.4) is 0 Å². The van der Waals surface area contributed by atoms with Crippen molar-refractivity contribution in [2.45, 2.75) is 33.2 Å². The fraction of sp³-hybridized carbons (Fsp3) is 0.429. The van der Waals surface area contributed by atoms with Gasteiger partial charge in [0.2, 0.25) is 0 Å². The van der Waals surface area contributed by atoms with Gasteiger partial charge in [0.1, 0.15) is 5.82 Å². The monoisotopic (exact) mass is 248 g/mol. The van der Waals surface area contributed by atoms with Gasteiger partial charge in [-0.1, -0.05) is 6.07 Å². The van der Waals surface area contributed by atoms with Crippen molar-refractivity contribution in [2.24, 2.45) is 0 Å². The number of halogens is 1. The Bertz CT molecular complexity index is 477. The second-order valence-electron chi connectivity index (χ2n) is 4.48. The van der Waals surface area contributed by atoms with Crippen LogP contribution in [0.4, 0.5) is 4.39 Å². The van der Waals surface area contributed by atoms with E-state index in [-0.39, 0.29) is 23.9 Å². The molecule has 0 bridgehead atoms. The number of hydrogen-bond acceptors (Lipinski definition) is 2. The molecule has 96 valence electrons. The SMILES string of the molecule is Cc1ccc(C(=O)N(CCC#N)C(C)C)c(F)c1. The molecule has 1 aromatic carbocycles. The molecule has 1 aromatic rings. The quantitative estimate of drug-likeness (QED) is 0.822. The Morgan fingerprint density at radius 1 is 1.50 bits per heavy atom. The van der Waals surface area contributed by atoms with Crippen molar-refractivity contribution in [1.29, 1.82) is 5.26 Å². The Morgan fingerprint density at radius 2 is 2.17 bits per heavy atom. The minimum atomic E-state index is -0.511. The van der Waals surface area contributed by atoms with E-state index in [4.69, 9.17) is 5.26 Å². The first-order chi connectivity index (χ1) is 8.47. The molecule has 0 aromatic heterocycles. The van der Waals surface area contributed by atoms with E-state index in [2.05, 4.69) is 0 Å². The summed E-state index contributed by atoms with van der Waals surface area (Å²) in [5.74, 6) is -0.875. The summed E-state index contributed by atoms with van der Waals surface area (Å²) in [6.07, 6.45) is 0.247. The molecule has 0 saturated carbocycles. The number of amides is 1. The first kappa shape index (κ1) is 14.2. The highest BCUT2D eigenvalue weighted by molar-refractivity contribution is 5.94. The molecule has 0 heterocycles. The molecule has 18 heavy (non-hydrogen) atoms. The molecule has 3 nitrogen and oxygen atoms in total. The van der Waals surface area contributed by atoms with Crippen LogP contribution in [0.15, 0.2) is 18.2 Å². The van der Waals surface area contributed by atoms with Crippen LogP contribution in [-0.2, 0) is 0 Å². The van der Waals surface area contributed by atoms with E-state index in [1.54, 1.807) is 13.0 Å². The molecule has 0 spiro atoms. The normalized spacial score (nSPS) is 10.2. The molecule has 0 saturated heterocycles. The van der Waals surface area contributed by atoms with Gasteiger partial charge >= 0.3 is 0 Å². The summed E-state index contributed by atoms with van der Waals surface area (Å²) >= 11 is 0. The zero-order valence-electron chi connectivity index (χ0n) is 10.9. The highest BCUT2D eigenvalue weighted by Crippen LogP contribution is 2.14. The van der Waals surface area contributed by atoms with Crippen LogP contribution in [0.5, 0.6) is 0 Å². The largest absolute Gasteiger partial charge is 0.335 e. The van der Waals surface area contributed by atoms with E-state index in [0.29, 0.717) is 6.54 Å². The predicted octanol–water partition coefficient (Wildman–Crippen LogP) is 2.90. The lowest BCUT2D eigenvalue weighted by molar-refractivity contribution is 0.0705. The second kappa shape index (κ2) is 6.15. The van der Waals surface area contributed by atoms with Gasteiger partial charge in [-0.3, -0.25) is 4.79 Å². The third-order valence-electron chi connectivity index (χ3n) is 2.70. The number of aryl methyl sites for hydroxylation is 1. The Morgan fingerprint density at radius 3 is 2.67 bits per heavy atom. The molecule has 1 amide bonds. The van der Waals surface area contributed by atoms with Gasteiger partial charge in [-0.15, -0.1) is 0 Å². The molecule has 0 N–H and O–H groups in total. The number of benzene rings is 1. The maximum absolute atomic E-state index is 13.7. The number of carbonyl (C=O) groups is 1. The zero-order valence-corrected chi connectivity index (χ0v) is 10.9. The molecular formula is C14H17FN2O. The third-order valence-corrected chi connectivity index (χ3v) is 2.70. The van der Waals surface area contributed by atoms with Gasteiger partial charge in [-0.05, 0) is 38.5 Å². The summed E-state index contributed by atoms with van der Waals surface area (Å²) in [7, 11) is 0. The Hall–Kier alpha value is -1.89. The van der Waals surface area contributed by atoms with Crippen LogP contribution in [0.1, 0.15) is 36.2 Å². The van der Waals surface area contributed by atoms with Crippen LogP contribution in [0.2, 0.25) is 0 Å². The van der Waals surface area contributed by atoms with E-state index in [9.17, 15) is 9.18 Å². The van der Waals surface area contributed by atoms with E-state index < -0.39 is 5.82 Å². The first-order valence-corrected chi connectivity index (χ1v) is 5.91. The zero-order chi connectivity index (χ0) is 13.7. The van der Waals surface area contributed by atoms with Crippen LogP contribution in [0, 0.1) is 24.1 Å². The first-order valence-electron chi connectivity index (χ1n) is 5.91. The summed E-state index contributed by atoms with van der Waals surface area (Å²) in [5, 5.41) is 8.58. The summed E-state index contributed by atoms with van der Waals surface area (Å²) in [5.41, 5.74) is 0.837. The lowest BCUT2D eigenvalue weighted by atomic mass is 10.1. The van der Waals surface area contributed by atoms with E-state index >= 15 is 0 Å². The lowest BCUT2D eigenvalue weighted by Gasteiger charge is -2.26. The van der Waals surface area contributed by atoms with Crippen molar-refractivity contribution >= 4 is 5.91 Å². The second-order valence-corrected chi connectivity index (χ2v) is 4.48. The number of nitrogens with zero attached hydrogens (tertiary/aromatic N) is 2. The van der Waals surface area contributed by atoms with Crippen LogP contribution in [-0.4, -0.2) is 23.4 Å². The smallest absolute Gasteiger partial charge is 0.257 e. The minimum absolute atomic E-state index is 0.0623. The molecular weight excluding hydrogens is 231 g/mol. The topological polar surface area (TPSA) is 44.1 Å². The van der Waals surface area contributed by atoms with Gasteiger partial charge < -0.3 is 4.90 Å². The van der Waals surface area contributed by atoms with Crippen LogP contribution < -0.4 is 0 Å². The molecule has 0 aliphatic carbocycles. The predicted molar refractivity (Wildman–Crippen MR) is 67.5 cm³/mol. The molecule has 0 aliphatic rings. The Labute approximate surface area is 107 Å². The molecule has 0 unspecified atom stereocenters. The molecule has 0 aliphatic heterocycles. The number of hydrogen-bond donors (Lipinski definition) is 0. The van der Waals surface area contributed by atoms with Crippen molar-refractivity contribution < 1.29 is 9.18 Å². The molecule has 0 atom stereocenters. The van der Waals surface area contributed by atoms with Crippen molar-refractivity contribution in [3.05, 3.63) is 35.1 Å².